The summed E-state index contributed by atoms with van der Waals surface area (Å²) >= 11 is 12.1. The van der Waals surface area contributed by atoms with Gasteiger partial charge in [-0.15, -0.1) is 5.10 Å². The average Bonchev–Trinajstić information content (AvgIpc) is 3.42. The van der Waals surface area contributed by atoms with Crippen LogP contribution in [0.5, 0.6) is 0 Å². The predicted octanol–water partition coefficient (Wildman–Crippen LogP) is 2.79. The van der Waals surface area contributed by atoms with Crippen molar-refractivity contribution in [2.75, 3.05) is 31.1 Å². The molecular weight excluding hydrogens is 453 g/mol. The highest BCUT2D eigenvalue weighted by atomic mass is 35.5. The maximum atomic E-state index is 13.2. The molecule has 164 valence electrons. The summed E-state index contributed by atoms with van der Waals surface area (Å²) in [5, 5.41) is 9.71. The molecular formula is C21H19Cl2N7O2. The molecule has 0 atom stereocenters. The molecule has 1 fully saturated rings. The number of halogens is 2. The van der Waals surface area contributed by atoms with Crippen molar-refractivity contribution in [1.82, 2.24) is 29.3 Å². The minimum Gasteiger partial charge on any atom is -0.368 e. The first kappa shape index (κ1) is 20.6. The molecule has 1 aliphatic rings. The molecule has 0 saturated carbocycles. The van der Waals surface area contributed by atoms with Crippen LogP contribution in [0.3, 0.4) is 0 Å². The molecule has 0 radical (unpaired) electrons. The van der Waals surface area contributed by atoms with Gasteiger partial charge >= 0.3 is 0 Å². The van der Waals surface area contributed by atoms with Gasteiger partial charge in [-0.05, 0) is 37.3 Å². The number of hydrogen-bond acceptors (Lipinski definition) is 5. The lowest BCUT2D eigenvalue weighted by atomic mass is 10.2. The fourth-order valence-corrected chi connectivity index (χ4v) is 4.17. The topological polar surface area (TPSA) is 91.5 Å². The highest BCUT2D eigenvalue weighted by Crippen LogP contribution is 2.28. The molecule has 1 saturated heterocycles. The minimum absolute atomic E-state index is 0.105. The van der Waals surface area contributed by atoms with E-state index in [1.807, 2.05) is 12.1 Å². The van der Waals surface area contributed by atoms with E-state index in [1.54, 1.807) is 36.2 Å². The summed E-state index contributed by atoms with van der Waals surface area (Å²) in [5.74, 6) is 0.145. The summed E-state index contributed by atoms with van der Waals surface area (Å²) in [6.45, 7) is 4.26. The largest absolute Gasteiger partial charge is 0.368 e. The Kier molecular flexibility index (Phi) is 5.15. The molecule has 1 aliphatic heterocycles. The zero-order valence-corrected chi connectivity index (χ0v) is 18.6. The fourth-order valence-electron chi connectivity index (χ4n) is 3.88. The molecule has 0 unspecified atom stereocenters. The van der Waals surface area contributed by atoms with Crippen LogP contribution >= 0.6 is 23.2 Å². The van der Waals surface area contributed by atoms with Gasteiger partial charge in [-0.2, -0.15) is 5.10 Å². The second kappa shape index (κ2) is 7.99. The monoisotopic (exact) mass is 471 g/mol. The first-order chi connectivity index (χ1) is 15.4. The highest BCUT2D eigenvalue weighted by molar-refractivity contribution is 6.42. The molecule has 1 amide bonds. The van der Waals surface area contributed by atoms with Gasteiger partial charge in [0.2, 0.25) is 5.95 Å². The highest BCUT2D eigenvalue weighted by Gasteiger charge is 2.26. The summed E-state index contributed by atoms with van der Waals surface area (Å²) in [5.41, 5.74) is 2.22. The van der Waals surface area contributed by atoms with Gasteiger partial charge in [0.05, 0.1) is 27.5 Å². The predicted molar refractivity (Wildman–Crippen MR) is 122 cm³/mol. The number of piperazine rings is 1. The van der Waals surface area contributed by atoms with Crippen molar-refractivity contribution < 1.29 is 4.79 Å². The van der Waals surface area contributed by atoms with Crippen molar-refractivity contribution >= 4 is 40.3 Å². The minimum atomic E-state index is -0.277. The van der Waals surface area contributed by atoms with E-state index in [0.29, 0.717) is 53.0 Å². The summed E-state index contributed by atoms with van der Waals surface area (Å²) < 4.78 is 2.96. The maximum Gasteiger partial charge on any atom is 0.276 e. The summed E-state index contributed by atoms with van der Waals surface area (Å²) in [6.07, 6.45) is 3.20. The number of anilines is 1. The first-order valence-electron chi connectivity index (χ1n) is 10.0. The Bertz CT molecular complexity index is 1380. The maximum absolute atomic E-state index is 13.2. The smallest absolute Gasteiger partial charge is 0.276 e. The zero-order valence-electron chi connectivity index (χ0n) is 17.1. The van der Waals surface area contributed by atoms with Crippen LogP contribution in [0.2, 0.25) is 10.0 Å². The molecule has 11 heteroatoms. The van der Waals surface area contributed by atoms with Gasteiger partial charge in [-0.25, -0.2) is 9.20 Å². The molecule has 4 heterocycles. The molecule has 5 rings (SSSR count). The van der Waals surface area contributed by atoms with Crippen molar-refractivity contribution in [3.63, 3.8) is 0 Å². The number of carbonyl (C=O) groups is 1. The van der Waals surface area contributed by atoms with E-state index in [2.05, 4.69) is 20.1 Å². The number of aromatic amines is 1. The van der Waals surface area contributed by atoms with Crippen LogP contribution in [-0.4, -0.2) is 61.4 Å². The van der Waals surface area contributed by atoms with Crippen LogP contribution in [0.25, 0.3) is 11.5 Å². The van der Waals surface area contributed by atoms with E-state index >= 15 is 0 Å². The third-order valence-electron chi connectivity index (χ3n) is 5.66. The quantitative estimate of drug-likeness (QED) is 0.495. The number of nitrogens with zero attached hydrogens (tertiary/aromatic N) is 6. The number of fused-ring (bicyclic) bond motifs is 1. The lowest BCUT2D eigenvalue weighted by molar-refractivity contribution is 0.0746. The SMILES string of the molecule is Cc1c(C(=O)N2CCN(c3ccc(Cl)c(Cl)c3)CC2)cnn1-c1nn2cccc2c(=O)[nH]1. The Morgan fingerprint density at radius 3 is 2.62 bits per heavy atom. The van der Waals surface area contributed by atoms with Crippen LogP contribution in [0.1, 0.15) is 16.1 Å². The van der Waals surface area contributed by atoms with Crippen LogP contribution in [0.4, 0.5) is 5.69 Å². The molecule has 0 spiro atoms. The third-order valence-corrected chi connectivity index (χ3v) is 6.40. The molecule has 4 aromatic rings. The van der Waals surface area contributed by atoms with Gasteiger partial charge in [0.15, 0.2) is 0 Å². The van der Waals surface area contributed by atoms with E-state index < -0.39 is 0 Å². The Balaban J connectivity index is 1.34. The van der Waals surface area contributed by atoms with Crippen LogP contribution < -0.4 is 10.5 Å². The molecule has 3 aromatic heterocycles. The first-order valence-corrected chi connectivity index (χ1v) is 10.8. The number of nitrogens with one attached hydrogen (secondary N) is 1. The normalized spacial score (nSPS) is 14.3. The van der Waals surface area contributed by atoms with Gasteiger partial charge < -0.3 is 9.80 Å². The fraction of sp³-hybridized carbons (Fsp3) is 0.238. The Labute approximate surface area is 192 Å². The number of H-pyrrole nitrogens is 1. The van der Waals surface area contributed by atoms with Crippen LogP contribution in [0, 0.1) is 6.92 Å². The molecule has 1 N–H and O–H groups in total. The Morgan fingerprint density at radius 1 is 1.09 bits per heavy atom. The van der Waals surface area contributed by atoms with Crippen LogP contribution in [0.15, 0.2) is 47.5 Å². The molecule has 1 aromatic carbocycles. The number of benzene rings is 1. The van der Waals surface area contributed by atoms with Gasteiger partial charge in [-0.1, -0.05) is 23.2 Å². The lowest BCUT2D eigenvalue weighted by Crippen LogP contribution is -2.48. The average molecular weight is 472 g/mol. The molecule has 9 nitrogen and oxygen atoms in total. The second-order valence-electron chi connectivity index (χ2n) is 7.55. The second-order valence-corrected chi connectivity index (χ2v) is 8.36. The van der Waals surface area contributed by atoms with Gasteiger partial charge in [0, 0.05) is 38.1 Å². The van der Waals surface area contributed by atoms with Crippen molar-refractivity contribution in [2.45, 2.75) is 6.92 Å². The molecule has 32 heavy (non-hydrogen) atoms. The van der Waals surface area contributed by atoms with Gasteiger partial charge in [0.25, 0.3) is 11.5 Å². The lowest BCUT2D eigenvalue weighted by Gasteiger charge is -2.36. The summed E-state index contributed by atoms with van der Waals surface area (Å²) in [7, 11) is 0. The number of rotatable bonds is 3. The van der Waals surface area contributed by atoms with Crippen molar-refractivity contribution in [3.8, 4) is 5.95 Å². The van der Waals surface area contributed by atoms with Crippen molar-refractivity contribution in [1.29, 1.82) is 0 Å². The van der Waals surface area contributed by atoms with E-state index in [4.69, 9.17) is 23.2 Å². The number of carbonyl (C=O) groups excluding carboxylic acids is 1. The summed E-state index contributed by atoms with van der Waals surface area (Å²) in [4.78, 5) is 32.1. The molecule has 0 bridgehead atoms. The van der Waals surface area contributed by atoms with Gasteiger partial charge in [0.1, 0.15) is 5.52 Å². The third kappa shape index (κ3) is 3.53. The Hall–Kier alpha value is -3.30. The number of hydrogen-bond donors (Lipinski definition) is 1. The van der Waals surface area contributed by atoms with E-state index in [-0.39, 0.29) is 17.4 Å². The van der Waals surface area contributed by atoms with E-state index in [0.717, 1.165) is 5.69 Å². The van der Waals surface area contributed by atoms with Crippen molar-refractivity contribution in [2.24, 2.45) is 0 Å². The van der Waals surface area contributed by atoms with Crippen molar-refractivity contribution in [3.05, 3.63) is 74.4 Å². The van der Waals surface area contributed by atoms with E-state index in [1.165, 1.54) is 15.4 Å². The number of amides is 1. The number of aromatic nitrogens is 5. The van der Waals surface area contributed by atoms with Crippen LogP contribution in [-0.2, 0) is 0 Å². The van der Waals surface area contributed by atoms with E-state index in [9.17, 15) is 9.59 Å². The summed E-state index contributed by atoms with van der Waals surface area (Å²) in [6, 6.07) is 8.96. The molecule has 0 aliphatic carbocycles. The Morgan fingerprint density at radius 2 is 1.88 bits per heavy atom. The standard InChI is InChI=1S/C21H19Cl2N7O2/c1-13-15(12-24-30(13)21-25-19(31)18-3-2-6-29(18)26-21)20(32)28-9-7-27(8-10-28)14-4-5-16(22)17(23)11-14/h2-6,11-12H,7-10H2,1H3,(H,25,26,31). The zero-order chi connectivity index (χ0) is 22.4. The van der Waals surface area contributed by atoms with Gasteiger partial charge in [-0.3, -0.25) is 14.6 Å².